The molecule has 0 amide bonds. The minimum absolute atomic E-state index is 0.0495. The second-order valence-corrected chi connectivity index (χ2v) is 5.38. The zero-order chi connectivity index (χ0) is 14.5. The van der Waals surface area contributed by atoms with Gasteiger partial charge >= 0.3 is 6.18 Å². The van der Waals surface area contributed by atoms with Gasteiger partial charge in [0.2, 0.25) is 0 Å². The monoisotopic (exact) mass is 272 g/mol. The molecule has 1 aliphatic rings. The average Bonchev–Trinajstić information content (AvgIpc) is 2.25. The predicted molar refractivity (Wildman–Crippen MR) is 64.9 cm³/mol. The number of aliphatic hydroxyl groups is 1. The van der Waals surface area contributed by atoms with Gasteiger partial charge in [-0.2, -0.15) is 13.2 Å². The molecule has 0 fully saturated rings. The standard InChI is InChI=1S/C14H15F3O2/c1-4-13(18)8-12(2,3)19-11-7-9(14(15,16)17)5-6-10(11)13/h4-7,18H,1,8H2,2-3H3. The highest BCUT2D eigenvalue weighted by molar-refractivity contribution is 5.46. The molecule has 5 heteroatoms. The second-order valence-electron chi connectivity index (χ2n) is 5.38. The Kier molecular flexibility index (Phi) is 2.93. The van der Waals surface area contributed by atoms with Crippen molar-refractivity contribution in [2.75, 3.05) is 0 Å². The molecule has 1 heterocycles. The summed E-state index contributed by atoms with van der Waals surface area (Å²) in [5.41, 5.74) is -2.62. The molecule has 0 aromatic heterocycles. The molecule has 1 unspecified atom stereocenters. The lowest BCUT2D eigenvalue weighted by Crippen LogP contribution is -2.43. The topological polar surface area (TPSA) is 29.5 Å². The molecule has 1 aromatic rings. The molecule has 0 bridgehead atoms. The van der Waals surface area contributed by atoms with Crippen LogP contribution in [0.1, 0.15) is 31.4 Å². The van der Waals surface area contributed by atoms with E-state index in [0.717, 1.165) is 12.1 Å². The first-order chi connectivity index (χ1) is 8.57. The van der Waals surface area contributed by atoms with Crippen molar-refractivity contribution in [3.63, 3.8) is 0 Å². The van der Waals surface area contributed by atoms with E-state index in [1.165, 1.54) is 12.1 Å². The van der Waals surface area contributed by atoms with Gasteiger partial charge in [0, 0.05) is 12.0 Å². The van der Waals surface area contributed by atoms with Crippen LogP contribution in [0.4, 0.5) is 13.2 Å². The number of alkyl halides is 3. The third kappa shape index (κ3) is 2.47. The molecule has 104 valence electrons. The Morgan fingerprint density at radius 2 is 2.00 bits per heavy atom. The minimum atomic E-state index is -4.44. The van der Waals surface area contributed by atoms with E-state index in [1.54, 1.807) is 13.8 Å². The van der Waals surface area contributed by atoms with Crippen LogP contribution in [0.2, 0.25) is 0 Å². The van der Waals surface area contributed by atoms with Gasteiger partial charge in [-0.25, -0.2) is 0 Å². The highest BCUT2D eigenvalue weighted by atomic mass is 19.4. The number of rotatable bonds is 1. The maximum absolute atomic E-state index is 12.7. The quantitative estimate of drug-likeness (QED) is 0.791. The SMILES string of the molecule is C=CC1(O)CC(C)(C)Oc2cc(C(F)(F)F)ccc21. The van der Waals surface area contributed by atoms with Crippen LogP contribution in [0.15, 0.2) is 30.9 Å². The number of fused-ring (bicyclic) bond motifs is 1. The van der Waals surface area contributed by atoms with Gasteiger partial charge in [-0.3, -0.25) is 0 Å². The fraction of sp³-hybridized carbons (Fsp3) is 0.429. The zero-order valence-electron chi connectivity index (χ0n) is 10.7. The maximum atomic E-state index is 12.7. The van der Waals surface area contributed by atoms with Crippen LogP contribution in [0.5, 0.6) is 5.75 Å². The summed E-state index contributed by atoms with van der Waals surface area (Å²) in [6.07, 6.45) is -2.86. The Labute approximate surface area is 109 Å². The third-order valence-corrected chi connectivity index (χ3v) is 3.19. The lowest BCUT2D eigenvalue weighted by Gasteiger charge is -2.41. The van der Waals surface area contributed by atoms with Gasteiger partial charge in [0.25, 0.3) is 0 Å². The Morgan fingerprint density at radius 1 is 1.37 bits per heavy atom. The van der Waals surface area contributed by atoms with E-state index >= 15 is 0 Å². The average molecular weight is 272 g/mol. The number of halogens is 3. The molecule has 1 aromatic carbocycles. The van der Waals surface area contributed by atoms with Gasteiger partial charge in [-0.15, -0.1) is 0 Å². The van der Waals surface area contributed by atoms with Gasteiger partial charge in [0.1, 0.15) is 17.0 Å². The summed E-state index contributed by atoms with van der Waals surface area (Å²) < 4.78 is 43.6. The summed E-state index contributed by atoms with van der Waals surface area (Å²) in [5, 5.41) is 10.5. The lowest BCUT2D eigenvalue weighted by molar-refractivity contribution is -0.138. The van der Waals surface area contributed by atoms with Crippen molar-refractivity contribution in [2.45, 2.75) is 37.6 Å². The fourth-order valence-electron chi connectivity index (χ4n) is 2.40. The predicted octanol–water partition coefficient (Wildman–Crippen LogP) is 3.64. The maximum Gasteiger partial charge on any atom is 0.416 e. The van der Waals surface area contributed by atoms with Gasteiger partial charge in [0.05, 0.1) is 5.56 Å². The van der Waals surface area contributed by atoms with Crippen molar-refractivity contribution in [2.24, 2.45) is 0 Å². The molecule has 2 nitrogen and oxygen atoms in total. The van der Waals surface area contributed by atoms with E-state index in [4.69, 9.17) is 4.74 Å². The summed E-state index contributed by atoms with van der Waals surface area (Å²) in [7, 11) is 0. The van der Waals surface area contributed by atoms with Crippen molar-refractivity contribution < 1.29 is 23.0 Å². The van der Waals surface area contributed by atoms with Crippen molar-refractivity contribution in [1.29, 1.82) is 0 Å². The number of hydrogen-bond donors (Lipinski definition) is 1. The van der Waals surface area contributed by atoms with E-state index in [0.29, 0.717) is 5.56 Å². The van der Waals surface area contributed by atoms with Gasteiger partial charge < -0.3 is 9.84 Å². The largest absolute Gasteiger partial charge is 0.487 e. The number of hydrogen-bond acceptors (Lipinski definition) is 2. The molecule has 0 saturated carbocycles. The smallest absolute Gasteiger partial charge is 0.416 e. The summed E-state index contributed by atoms with van der Waals surface area (Å²) >= 11 is 0. The first-order valence-electron chi connectivity index (χ1n) is 5.84. The molecule has 0 saturated heterocycles. The summed E-state index contributed by atoms with van der Waals surface area (Å²) in [4.78, 5) is 0. The molecule has 2 rings (SSSR count). The van der Waals surface area contributed by atoms with Crippen molar-refractivity contribution in [3.05, 3.63) is 42.0 Å². The molecule has 1 atom stereocenters. The van der Waals surface area contributed by atoms with Crippen molar-refractivity contribution in [1.82, 2.24) is 0 Å². The molecule has 0 spiro atoms. The van der Waals surface area contributed by atoms with Crippen LogP contribution < -0.4 is 4.74 Å². The molecule has 19 heavy (non-hydrogen) atoms. The van der Waals surface area contributed by atoms with E-state index < -0.39 is 22.9 Å². The van der Waals surface area contributed by atoms with Crippen LogP contribution in [0, 0.1) is 0 Å². The van der Waals surface area contributed by atoms with Crippen LogP contribution in [-0.2, 0) is 11.8 Å². The minimum Gasteiger partial charge on any atom is -0.487 e. The molecule has 0 aliphatic carbocycles. The van der Waals surface area contributed by atoms with Gasteiger partial charge in [0.15, 0.2) is 0 Å². The normalized spacial score (nSPS) is 25.4. The highest BCUT2D eigenvalue weighted by Crippen LogP contribution is 2.46. The Balaban J connectivity index is 2.58. The first-order valence-corrected chi connectivity index (χ1v) is 5.84. The zero-order valence-corrected chi connectivity index (χ0v) is 10.7. The van der Waals surface area contributed by atoms with Crippen LogP contribution >= 0.6 is 0 Å². The highest BCUT2D eigenvalue weighted by Gasteiger charge is 2.43. The number of benzene rings is 1. The Bertz CT molecular complexity index is 520. The van der Waals surface area contributed by atoms with Gasteiger partial charge in [-0.1, -0.05) is 18.7 Å². The third-order valence-electron chi connectivity index (χ3n) is 3.19. The van der Waals surface area contributed by atoms with Gasteiger partial charge in [-0.05, 0) is 26.0 Å². The molecular formula is C14H15F3O2. The molecule has 0 radical (unpaired) electrons. The van der Waals surface area contributed by atoms with E-state index in [9.17, 15) is 18.3 Å². The summed E-state index contributed by atoms with van der Waals surface area (Å²) in [6, 6.07) is 3.11. The van der Waals surface area contributed by atoms with E-state index in [-0.39, 0.29) is 12.2 Å². The fourth-order valence-corrected chi connectivity index (χ4v) is 2.40. The van der Waals surface area contributed by atoms with Crippen LogP contribution in [0.3, 0.4) is 0 Å². The lowest BCUT2D eigenvalue weighted by atomic mass is 9.80. The van der Waals surface area contributed by atoms with Crippen LogP contribution in [0.25, 0.3) is 0 Å². The molecule has 1 N–H and O–H groups in total. The van der Waals surface area contributed by atoms with E-state index in [1.807, 2.05) is 0 Å². The van der Waals surface area contributed by atoms with Crippen molar-refractivity contribution >= 4 is 0 Å². The Morgan fingerprint density at radius 3 is 2.53 bits per heavy atom. The molecule has 1 aliphatic heterocycles. The Hall–Kier alpha value is -1.49. The summed E-state index contributed by atoms with van der Waals surface area (Å²) in [5.74, 6) is 0.0495. The number of ether oxygens (including phenoxy) is 1. The molecular weight excluding hydrogens is 257 g/mol. The first kappa shape index (κ1) is 13.9. The van der Waals surface area contributed by atoms with Crippen molar-refractivity contribution in [3.8, 4) is 5.75 Å². The second kappa shape index (κ2) is 4.00. The summed E-state index contributed by atoms with van der Waals surface area (Å²) in [6.45, 7) is 6.99. The van der Waals surface area contributed by atoms with E-state index in [2.05, 4.69) is 6.58 Å². The van der Waals surface area contributed by atoms with Crippen LogP contribution in [-0.4, -0.2) is 10.7 Å².